The molecule has 1 amide bonds. The third kappa shape index (κ3) is 4.59. The fourth-order valence-corrected chi connectivity index (χ4v) is 5.32. The number of rotatable bonds is 5. The van der Waals surface area contributed by atoms with Crippen LogP contribution in [0, 0.1) is 0 Å². The molecule has 122 valence electrons. The molecule has 1 aromatic carbocycles. The SMILES string of the molecule is C[C@@H]([NH2+]CC(=O)N[C@@H]1CS(=O)(=O)C[C@@H]1Cl)c1ccccc1Cl. The number of sulfone groups is 1. The van der Waals surface area contributed by atoms with E-state index in [0.29, 0.717) is 5.02 Å². The van der Waals surface area contributed by atoms with E-state index >= 15 is 0 Å². The summed E-state index contributed by atoms with van der Waals surface area (Å²) in [6.45, 7) is 2.14. The van der Waals surface area contributed by atoms with E-state index in [4.69, 9.17) is 23.2 Å². The maximum Gasteiger partial charge on any atom is 0.275 e. The minimum atomic E-state index is -3.14. The lowest BCUT2D eigenvalue weighted by Crippen LogP contribution is -2.87. The van der Waals surface area contributed by atoms with Gasteiger partial charge in [0.15, 0.2) is 16.4 Å². The average Bonchev–Trinajstić information content (AvgIpc) is 2.69. The van der Waals surface area contributed by atoms with Crippen LogP contribution in [0.1, 0.15) is 18.5 Å². The van der Waals surface area contributed by atoms with Gasteiger partial charge in [-0.15, -0.1) is 11.6 Å². The second-order valence-electron chi connectivity index (χ2n) is 5.52. The van der Waals surface area contributed by atoms with Gasteiger partial charge < -0.3 is 10.6 Å². The Morgan fingerprint density at radius 1 is 1.41 bits per heavy atom. The van der Waals surface area contributed by atoms with Gasteiger partial charge in [0.05, 0.1) is 22.9 Å². The molecule has 0 spiro atoms. The maximum atomic E-state index is 11.9. The molecule has 0 unspecified atom stereocenters. The van der Waals surface area contributed by atoms with Gasteiger partial charge in [-0.3, -0.25) is 4.79 Å². The number of alkyl halides is 1. The maximum absolute atomic E-state index is 11.9. The summed E-state index contributed by atoms with van der Waals surface area (Å²) in [6, 6.07) is 6.99. The first-order valence-electron chi connectivity index (χ1n) is 7.00. The highest BCUT2D eigenvalue weighted by atomic mass is 35.5. The van der Waals surface area contributed by atoms with E-state index in [1.165, 1.54) is 0 Å². The summed E-state index contributed by atoms with van der Waals surface area (Å²) in [5.74, 6) is -0.404. The van der Waals surface area contributed by atoms with E-state index in [-0.39, 0.29) is 30.0 Å². The zero-order chi connectivity index (χ0) is 16.3. The van der Waals surface area contributed by atoms with Gasteiger partial charge >= 0.3 is 0 Å². The number of nitrogens with one attached hydrogen (secondary N) is 1. The Morgan fingerprint density at radius 2 is 2.09 bits per heavy atom. The van der Waals surface area contributed by atoms with E-state index in [9.17, 15) is 13.2 Å². The van der Waals surface area contributed by atoms with Crippen molar-refractivity contribution in [2.24, 2.45) is 0 Å². The summed E-state index contributed by atoms with van der Waals surface area (Å²) < 4.78 is 22.9. The monoisotopic (exact) mass is 365 g/mol. The number of hydrogen-bond donors (Lipinski definition) is 2. The predicted octanol–water partition coefficient (Wildman–Crippen LogP) is 0.485. The van der Waals surface area contributed by atoms with Crippen LogP contribution in [0.4, 0.5) is 0 Å². The Balaban J connectivity index is 1.85. The van der Waals surface area contributed by atoms with E-state index < -0.39 is 21.3 Å². The minimum absolute atomic E-state index is 0.0264. The Morgan fingerprint density at radius 3 is 2.68 bits per heavy atom. The second kappa shape index (κ2) is 7.17. The standard InChI is InChI=1S/C14H18Cl2N2O3S/c1-9(10-4-2-3-5-11(10)15)17-6-14(19)18-13-8-22(20,21)7-12(13)16/h2-5,9,12-13,17H,6-8H2,1H3,(H,18,19)/p+1/t9-,12+,13-/m1/s1. The van der Waals surface area contributed by atoms with Crippen molar-refractivity contribution >= 4 is 38.9 Å². The van der Waals surface area contributed by atoms with Crippen molar-refractivity contribution in [2.75, 3.05) is 18.1 Å². The molecular formula is C14H19Cl2N2O3S+. The molecule has 1 aromatic rings. The van der Waals surface area contributed by atoms with Crippen molar-refractivity contribution in [1.82, 2.24) is 5.32 Å². The van der Waals surface area contributed by atoms with Crippen LogP contribution in [0.25, 0.3) is 0 Å². The molecule has 3 N–H and O–H groups in total. The number of nitrogens with two attached hydrogens (primary N) is 1. The van der Waals surface area contributed by atoms with Crippen LogP contribution in [0.5, 0.6) is 0 Å². The number of carbonyl (C=O) groups excluding carboxylic acids is 1. The lowest BCUT2D eigenvalue weighted by Gasteiger charge is -2.16. The van der Waals surface area contributed by atoms with Gasteiger partial charge in [0, 0.05) is 10.6 Å². The topological polar surface area (TPSA) is 79.8 Å². The molecule has 22 heavy (non-hydrogen) atoms. The molecular weight excluding hydrogens is 347 g/mol. The molecule has 1 heterocycles. The first-order chi connectivity index (χ1) is 10.3. The molecule has 0 bridgehead atoms. The lowest BCUT2D eigenvalue weighted by atomic mass is 10.1. The number of hydrogen-bond acceptors (Lipinski definition) is 3. The Bertz CT molecular complexity index is 651. The normalized spacial score (nSPS) is 24.9. The van der Waals surface area contributed by atoms with Gasteiger partial charge in [0.1, 0.15) is 6.04 Å². The van der Waals surface area contributed by atoms with Crippen molar-refractivity contribution in [1.29, 1.82) is 0 Å². The van der Waals surface area contributed by atoms with Crippen LogP contribution in [-0.2, 0) is 14.6 Å². The molecule has 0 radical (unpaired) electrons. The van der Waals surface area contributed by atoms with Crippen LogP contribution < -0.4 is 10.6 Å². The molecule has 1 aliphatic heterocycles. The van der Waals surface area contributed by atoms with Crippen molar-refractivity contribution < 1.29 is 18.5 Å². The summed E-state index contributed by atoms with van der Waals surface area (Å²) in [5, 5.41) is 4.64. The highest BCUT2D eigenvalue weighted by Gasteiger charge is 2.37. The largest absolute Gasteiger partial charge is 0.346 e. The quantitative estimate of drug-likeness (QED) is 0.745. The summed E-state index contributed by atoms with van der Waals surface area (Å²) >= 11 is 12.1. The van der Waals surface area contributed by atoms with Crippen molar-refractivity contribution in [3.05, 3.63) is 34.9 Å². The summed E-state index contributed by atoms with van der Waals surface area (Å²) in [5.41, 5.74) is 0.954. The number of benzene rings is 1. The number of amides is 1. The second-order valence-corrected chi connectivity index (χ2v) is 8.64. The van der Waals surface area contributed by atoms with Gasteiger partial charge in [0.2, 0.25) is 0 Å². The third-order valence-electron chi connectivity index (χ3n) is 3.68. The summed E-state index contributed by atoms with van der Waals surface area (Å²) in [4.78, 5) is 11.9. The summed E-state index contributed by atoms with van der Waals surface area (Å²) in [7, 11) is -3.14. The zero-order valence-electron chi connectivity index (χ0n) is 12.1. The van der Waals surface area contributed by atoms with E-state index in [0.717, 1.165) is 5.56 Å². The van der Waals surface area contributed by atoms with Crippen LogP contribution >= 0.6 is 23.2 Å². The fraction of sp³-hybridized carbons (Fsp3) is 0.500. The minimum Gasteiger partial charge on any atom is -0.346 e. The van der Waals surface area contributed by atoms with Crippen LogP contribution in [0.2, 0.25) is 5.02 Å². The zero-order valence-corrected chi connectivity index (χ0v) is 14.5. The van der Waals surface area contributed by atoms with Gasteiger partial charge in [-0.25, -0.2) is 8.42 Å². The molecule has 1 saturated heterocycles. The molecule has 0 aliphatic carbocycles. The van der Waals surface area contributed by atoms with Gasteiger partial charge in [-0.05, 0) is 13.0 Å². The molecule has 3 atom stereocenters. The highest BCUT2D eigenvalue weighted by molar-refractivity contribution is 7.91. The first-order valence-corrected chi connectivity index (χ1v) is 9.63. The number of halogens is 2. The Labute approximate surface area is 140 Å². The lowest BCUT2D eigenvalue weighted by molar-refractivity contribution is -0.682. The summed E-state index contributed by atoms with van der Waals surface area (Å²) in [6.07, 6.45) is 0. The fourth-order valence-electron chi connectivity index (χ4n) is 2.46. The molecule has 0 saturated carbocycles. The van der Waals surface area contributed by atoms with Gasteiger partial charge in [-0.1, -0.05) is 29.8 Å². The smallest absolute Gasteiger partial charge is 0.275 e. The van der Waals surface area contributed by atoms with E-state index in [1.807, 2.05) is 36.5 Å². The molecule has 0 aromatic heterocycles. The molecule has 2 rings (SSSR count). The van der Waals surface area contributed by atoms with Crippen LogP contribution in [0.15, 0.2) is 24.3 Å². The van der Waals surface area contributed by atoms with Crippen molar-refractivity contribution in [3.8, 4) is 0 Å². The first kappa shape index (κ1) is 17.5. The Kier molecular flexibility index (Phi) is 5.71. The van der Waals surface area contributed by atoms with Crippen LogP contribution in [0.3, 0.4) is 0 Å². The molecule has 8 heteroatoms. The molecule has 1 fully saturated rings. The molecule has 1 aliphatic rings. The predicted molar refractivity (Wildman–Crippen MR) is 86.9 cm³/mol. The number of carbonyl (C=O) groups is 1. The molecule has 5 nitrogen and oxygen atoms in total. The number of quaternary nitrogens is 1. The van der Waals surface area contributed by atoms with Crippen molar-refractivity contribution in [3.63, 3.8) is 0 Å². The third-order valence-corrected chi connectivity index (χ3v) is 6.40. The highest BCUT2D eigenvalue weighted by Crippen LogP contribution is 2.19. The van der Waals surface area contributed by atoms with Crippen molar-refractivity contribution in [2.45, 2.75) is 24.4 Å². The van der Waals surface area contributed by atoms with Gasteiger partial charge in [0.25, 0.3) is 5.91 Å². The van der Waals surface area contributed by atoms with Gasteiger partial charge in [-0.2, -0.15) is 0 Å². The van der Waals surface area contributed by atoms with E-state index in [1.54, 1.807) is 0 Å². The van der Waals surface area contributed by atoms with E-state index in [2.05, 4.69) is 5.32 Å². The van der Waals surface area contributed by atoms with Crippen LogP contribution in [-0.4, -0.2) is 43.8 Å². The Hall–Kier alpha value is -0.820. The average molecular weight is 366 g/mol.